The molecule has 0 aromatic heterocycles. The van der Waals surface area contributed by atoms with Gasteiger partial charge in [0.25, 0.3) is 0 Å². The molecule has 0 spiro atoms. The van der Waals surface area contributed by atoms with Crippen molar-refractivity contribution in [1.29, 1.82) is 0 Å². The fraction of sp³-hybridized carbons (Fsp3) is 0.467. The van der Waals surface area contributed by atoms with E-state index in [1.165, 1.54) is 17.0 Å². The molecule has 1 saturated carbocycles. The van der Waals surface area contributed by atoms with Crippen molar-refractivity contribution in [3.8, 4) is 0 Å². The van der Waals surface area contributed by atoms with Crippen LogP contribution in [0.3, 0.4) is 0 Å². The van der Waals surface area contributed by atoms with Gasteiger partial charge < -0.3 is 5.32 Å². The predicted molar refractivity (Wildman–Crippen MR) is 72.2 cm³/mol. The first-order valence-corrected chi connectivity index (χ1v) is 7.01. The SMILES string of the molecule is O=C1C2CCCCC2C(=O)N1CNc1ccc(F)cc1. The highest BCUT2D eigenvalue weighted by atomic mass is 19.1. The molecule has 4 nitrogen and oxygen atoms in total. The molecule has 2 fully saturated rings. The molecule has 20 heavy (non-hydrogen) atoms. The van der Waals surface area contributed by atoms with Crippen molar-refractivity contribution >= 4 is 17.5 Å². The fourth-order valence-corrected chi connectivity index (χ4v) is 3.12. The molecule has 1 aromatic rings. The molecule has 2 amide bonds. The van der Waals surface area contributed by atoms with Gasteiger partial charge in [-0.05, 0) is 37.1 Å². The van der Waals surface area contributed by atoms with E-state index < -0.39 is 0 Å². The van der Waals surface area contributed by atoms with Crippen molar-refractivity contribution < 1.29 is 14.0 Å². The summed E-state index contributed by atoms with van der Waals surface area (Å²) in [5.41, 5.74) is 0.696. The third-order valence-corrected chi connectivity index (χ3v) is 4.22. The Morgan fingerprint density at radius 3 is 2.15 bits per heavy atom. The second-order valence-electron chi connectivity index (χ2n) is 5.44. The molecule has 1 N–H and O–H groups in total. The summed E-state index contributed by atoms with van der Waals surface area (Å²) in [5, 5.41) is 3.00. The Balaban J connectivity index is 1.66. The van der Waals surface area contributed by atoms with E-state index in [0.29, 0.717) is 5.69 Å². The third kappa shape index (κ3) is 2.28. The highest BCUT2D eigenvalue weighted by molar-refractivity contribution is 6.05. The van der Waals surface area contributed by atoms with Crippen LogP contribution in [0.15, 0.2) is 24.3 Å². The van der Waals surface area contributed by atoms with Gasteiger partial charge in [0.15, 0.2) is 0 Å². The Hall–Kier alpha value is -1.91. The number of benzene rings is 1. The highest BCUT2D eigenvalue weighted by Crippen LogP contribution is 2.37. The standard InChI is InChI=1S/C15H17FN2O2/c16-10-5-7-11(8-6-10)17-9-18-14(19)12-3-1-2-4-13(12)15(18)20/h5-8,12-13,17H,1-4,9H2. The summed E-state index contributed by atoms with van der Waals surface area (Å²) in [7, 11) is 0. The van der Waals surface area contributed by atoms with E-state index in [2.05, 4.69) is 5.32 Å². The van der Waals surface area contributed by atoms with E-state index in [-0.39, 0.29) is 36.1 Å². The van der Waals surface area contributed by atoms with Crippen LogP contribution in [0, 0.1) is 17.7 Å². The minimum Gasteiger partial charge on any atom is -0.367 e. The maximum atomic E-state index is 12.8. The van der Waals surface area contributed by atoms with Crippen LogP contribution in [0.25, 0.3) is 0 Å². The summed E-state index contributed by atoms with van der Waals surface area (Å²) in [6, 6.07) is 5.87. The minimum atomic E-state index is -0.310. The summed E-state index contributed by atoms with van der Waals surface area (Å²) < 4.78 is 12.8. The Bertz CT molecular complexity index is 505. The average molecular weight is 276 g/mol. The number of carbonyl (C=O) groups is 2. The number of halogens is 1. The summed E-state index contributed by atoms with van der Waals surface area (Å²) >= 11 is 0. The van der Waals surface area contributed by atoms with Crippen LogP contribution >= 0.6 is 0 Å². The number of hydrogen-bond acceptors (Lipinski definition) is 3. The number of anilines is 1. The molecule has 0 bridgehead atoms. The van der Waals surface area contributed by atoms with E-state index >= 15 is 0 Å². The molecule has 2 aliphatic rings. The molecule has 2 atom stereocenters. The van der Waals surface area contributed by atoms with Gasteiger partial charge >= 0.3 is 0 Å². The van der Waals surface area contributed by atoms with Crippen molar-refractivity contribution in [3.05, 3.63) is 30.1 Å². The van der Waals surface area contributed by atoms with Crippen LogP contribution in [0.2, 0.25) is 0 Å². The van der Waals surface area contributed by atoms with Crippen LogP contribution in [-0.2, 0) is 9.59 Å². The van der Waals surface area contributed by atoms with Crippen LogP contribution in [0.4, 0.5) is 10.1 Å². The van der Waals surface area contributed by atoms with Crippen molar-refractivity contribution in [3.63, 3.8) is 0 Å². The molecule has 0 radical (unpaired) electrons. The minimum absolute atomic E-state index is 0.0608. The summed E-state index contributed by atoms with van der Waals surface area (Å²) in [5.74, 6) is -0.670. The van der Waals surface area contributed by atoms with Gasteiger partial charge in [-0.15, -0.1) is 0 Å². The Kier molecular flexibility index (Phi) is 3.42. The van der Waals surface area contributed by atoms with Crippen LogP contribution in [0.5, 0.6) is 0 Å². The van der Waals surface area contributed by atoms with E-state index in [1.807, 2.05) is 0 Å². The lowest BCUT2D eigenvalue weighted by Gasteiger charge is -2.19. The first-order valence-electron chi connectivity index (χ1n) is 7.01. The summed E-state index contributed by atoms with van der Waals surface area (Å²) in [4.78, 5) is 25.8. The molecule has 1 saturated heterocycles. The smallest absolute Gasteiger partial charge is 0.234 e. The lowest BCUT2D eigenvalue weighted by Crippen LogP contribution is -2.35. The number of nitrogens with zero attached hydrogens (tertiary/aromatic N) is 1. The molecular formula is C15H17FN2O2. The molecule has 1 aromatic carbocycles. The van der Waals surface area contributed by atoms with E-state index in [4.69, 9.17) is 0 Å². The van der Waals surface area contributed by atoms with Gasteiger partial charge in [0.2, 0.25) is 11.8 Å². The van der Waals surface area contributed by atoms with Gasteiger partial charge in [-0.2, -0.15) is 0 Å². The van der Waals surface area contributed by atoms with Crippen molar-refractivity contribution in [2.45, 2.75) is 25.7 Å². The first kappa shape index (κ1) is 13.1. The number of fused-ring (bicyclic) bond motifs is 1. The average Bonchev–Trinajstić information content (AvgIpc) is 2.71. The zero-order valence-corrected chi connectivity index (χ0v) is 11.1. The predicted octanol–water partition coefficient (Wildman–Crippen LogP) is 2.37. The first-order chi connectivity index (χ1) is 9.66. The number of carbonyl (C=O) groups excluding carboxylic acids is 2. The van der Waals surface area contributed by atoms with Gasteiger partial charge in [-0.3, -0.25) is 14.5 Å². The number of likely N-dealkylation sites (tertiary alicyclic amines) is 1. The molecule has 1 aliphatic carbocycles. The number of amides is 2. The van der Waals surface area contributed by atoms with Gasteiger partial charge in [-0.25, -0.2) is 4.39 Å². The van der Waals surface area contributed by atoms with Gasteiger partial charge in [-0.1, -0.05) is 12.8 Å². The molecule has 1 aliphatic heterocycles. The normalized spacial score (nSPS) is 25.8. The van der Waals surface area contributed by atoms with Crippen molar-refractivity contribution in [2.24, 2.45) is 11.8 Å². The van der Waals surface area contributed by atoms with E-state index in [1.54, 1.807) is 12.1 Å². The quantitative estimate of drug-likeness (QED) is 0.862. The van der Waals surface area contributed by atoms with Gasteiger partial charge in [0.05, 0.1) is 18.5 Å². The maximum Gasteiger partial charge on any atom is 0.234 e. The molecule has 5 heteroatoms. The fourth-order valence-electron chi connectivity index (χ4n) is 3.12. The number of rotatable bonds is 3. The molecule has 3 rings (SSSR count). The zero-order chi connectivity index (χ0) is 14.1. The van der Waals surface area contributed by atoms with Crippen LogP contribution in [0.1, 0.15) is 25.7 Å². The van der Waals surface area contributed by atoms with Gasteiger partial charge in [0.1, 0.15) is 5.82 Å². The van der Waals surface area contributed by atoms with Crippen molar-refractivity contribution in [2.75, 3.05) is 12.0 Å². The number of nitrogens with one attached hydrogen (secondary N) is 1. The lowest BCUT2D eigenvalue weighted by atomic mass is 9.81. The topological polar surface area (TPSA) is 49.4 Å². The Labute approximate surface area is 117 Å². The number of hydrogen-bond donors (Lipinski definition) is 1. The lowest BCUT2D eigenvalue weighted by molar-refractivity contribution is -0.139. The molecule has 1 heterocycles. The largest absolute Gasteiger partial charge is 0.367 e. The summed E-state index contributed by atoms with van der Waals surface area (Å²) in [6.07, 6.45) is 3.70. The Morgan fingerprint density at radius 1 is 1.05 bits per heavy atom. The number of imide groups is 1. The second kappa shape index (κ2) is 5.23. The molecular weight excluding hydrogens is 259 g/mol. The third-order valence-electron chi connectivity index (χ3n) is 4.22. The van der Waals surface area contributed by atoms with Gasteiger partial charge in [0, 0.05) is 5.69 Å². The van der Waals surface area contributed by atoms with E-state index in [0.717, 1.165) is 25.7 Å². The molecule has 2 unspecified atom stereocenters. The summed E-state index contributed by atoms with van der Waals surface area (Å²) in [6.45, 7) is 0.163. The van der Waals surface area contributed by atoms with E-state index in [9.17, 15) is 14.0 Å². The molecule has 106 valence electrons. The van der Waals surface area contributed by atoms with Crippen molar-refractivity contribution in [1.82, 2.24) is 4.90 Å². The zero-order valence-electron chi connectivity index (χ0n) is 11.1. The van der Waals surface area contributed by atoms with Crippen LogP contribution < -0.4 is 5.32 Å². The monoisotopic (exact) mass is 276 g/mol. The highest BCUT2D eigenvalue weighted by Gasteiger charge is 2.47. The Morgan fingerprint density at radius 2 is 1.60 bits per heavy atom. The maximum absolute atomic E-state index is 12.8. The van der Waals surface area contributed by atoms with Crippen LogP contribution in [-0.4, -0.2) is 23.4 Å². The second-order valence-corrected chi connectivity index (χ2v) is 5.44.